The topological polar surface area (TPSA) is 0 Å². The third-order valence-electron chi connectivity index (χ3n) is 4.15. The molecule has 0 aliphatic rings. The molecular weight excluding hydrogens is 259 g/mol. The maximum absolute atomic E-state index is 14.4. The van der Waals surface area contributed by atoms with Gasteiger partial charge in [-0.25, -0.2) is 4.39 Å². The van der Waals surface area contributed by atoms with Gasteiger partial charge in [0.25, 0.3) is 0 Å². The number of halogens is 1. The van der Waals surface area contributed by atoms with Crippen molar-refractivity contribution in [3.63, 3.8) is 0 Å². The maximum atomic E-state index is 14.4. The summed E-state index contributed by atoms with van der Waals surface area (Å²) in [6.07, 6.45) is 8.31. The van der Waals surface area contributed by atoms with E-state index in [1.165, 1.54) is 6.42 Å². The summed E-state index contributed by atoms with van der Waals surface area (Å²) < 4.78 is 14.4. The zero-order valence-electron chi connectivity index (χ0n) is 15.3. The third kappa shape index (κ3) is 8.90. The van der Waals surface area contributed by atoms with Crippen LogP contribution < -0.4 is 0 Å². The Morgan fingerprint density at radius 2 is 1.48 bits per heavy atom. The number of allylic oxidation sites excluding steroid dienone is 6. The molecule has 0 bridgehead atoms. The van der Waals surface area contributed by atoms with Crippen molar-refractivity contribution in [2.45, 2.75) is 68.2 Å². The molecule has 0 spiro atoms. The molecule has 0 aromatic carbocycles. The molecule has 2 unspecified atom stereocenters. The molecule has 0 N–H and O–H groups in total. The summed E-state index contributed by atoms with van der Waals surface area (Å²) >= 11 is 0. The lowest BCUT2D eigenvalue weighted by atomic mass is 9.92. The van der Waals surface area contributed by atoms with Crippen molar-refractivity contribution in [3.8, 4) is 0 Å². The third-order valence-corrected chi connectivity index (χ3v) is 4.15. The van der Waals surface area contributed by atoms with Crippen LogP contribution in [0.2, 0.25) is 0 Å². The first-order valence-corrected chi connectivity index (χ1v) is 8.37. The fourth-order valence-corrected chi connectivity index (χ4v) is 2.02. The van der Waals surface area contributed by atoms with Gasteiger partial charge < -0.3 is 0 Å². The van der Waals surface area contributed by atoms with Gasteiger partial charge in [0.15, 0.2) is 0 Å². The van der Waals surface area contributed by atoms with E-state index in [-0.39, 0.29) is 11.7 Å². The fraction of sp³-hybridized carbons (Fsp3) is 0.700. The smallest absolute Gasteiger partial charge is 0.122 e. The molecule has 122 valence electrons. The molecule has 21 heavy (non-hydrogen) atoms. The molecule has 0 saturated carbocycles. The van der Waals surface area contributed by atoms with Gasteiger partial charge in [0.1, 0.15) is 5.83 Å². The predicted molar refractivity (Wildman–Crippen MR) is 93.9 cm³/mol. The SMILES string of the molecule is C/C(=C(F)\C=C(/C)C(C)CCC(C)C)C(C)/C=C\C(C)C. The molecule has 0 aliphatic heterocycles. The van der Waals surface area contributed by atoms with E-state index < -0.39 is 0 Å². The summed E-state index contributed by atoms with van der Waals surface area (Å²) in [6, 6.07) is 0. The predicted octanol–water partition coefficient (Wildman–Crippen LogP) is 7.10. The molecule has 0 nitrogen and oxygen atoms in total. The summed E-state index contributed by atoms with van der Waals surface area (Å²) in [5, 5.41) is 0. The zero-order chi connectivity index (χ0) is 16.6. The van der Waals surface area contributed by atoms with E-state index in [2.05, 4.69) is 53.7 Å². The Kier molecular flexibility index (Phi) is 9.57. The zero-order valence-corrected chi connectivity index (χ0v) is 15.3. The van der Waals surface area contributed by atoms with Gasteiger partial charge in [-0.1, -0.05) is 65.7 Å². The standard InChI is InChI=1S/C20H35F/c1-14(2)9-11-16(5)18(7)13-20(21)19(8)17(6)12-10-15(3)4/h10,12-17H,9,11H2,1-8H3/b12-10-,18-13+,20-19-. The summed E-state index contributed by atoms with van der Waals surface area (Å²) in [6.45, 7) is 16.9. The van der Waals surface area contributed by atoms with Gasteiger partial charge in [-0.05, 0) is 55.6 Å². The van der Waals surface area contributed by atoms with Crippen molar-refractivity contribution in [3.05, 3.63) is 35.2 Å². The van der Waals surface area contributed by atoms with Crippen LogP contribution in [0.25, 0.3) is 0 Å². The van der Waals surface area contributed by atoms with Crippen molar-refractivity contribution in [1.29, 1.82) is 0 Å². The van der Waals surface area contributed by atoms with Crippen molar-refractivity contribution >= 4 is 0 Å². The lowest BCUT2D eigenvalue weighted by Crippen LogP contribution is -2.01. The van der Waals surface area contributed by atoms with E-state index in [0.717, 1.165) is 17.6 Å². The highest BCUT2D eigenvalue weighted by Crippen LogP contribution is 2.24. The molecule has 0 amide bonds. The molecule has 0 aromatic heterocycles. The number of hydrogen-bond acceptors (Lipinski definition) is 0. The Balaban J connectivity index is 4.83. The first-order chi connectivity index (χ1) is 9.65. The molecule has 0 rings (SSSR count). The van der Waals surface area contributed by atoms with Crippen LogP contribution in [0, 0.1) is 23.7 Å². The van der Waals surface area contributed by atoms with E-state index in [1.54, 1.807) is 6.08 Å². The Morgan fingerprint density at radius 1 is 0.905 bits per heavy atom. The summed E-state index contributed by atoms with van der Waals surface area (Å²) in [5.41, 5.74) is 1.97. The van der Waals surface area contributed by atoms with Gasteiger partial charge in [-0.3, -0.25) is 0 Å². The maximum Gasteiger partial charge on any atom is 0.122 e. The lowest BCUT2D eigenvalue weighted by molar-refractivity contribution is 0.487. The number of rotatable bonds is 8. The van der Waals surface area contributed by atoms with Crippen LogP contribution in [-0.2, 0) is 0 Å². The van der Waals surface area contributed by atoms with Gasteiger partial charge in [0, 0.05) is 0 Å². The van der Waals surface area contributed by atoms with E-state index in [1.807, 2.05) is 13.8 Å². The largest absolute Gasteiger partial charge is 0.207 e. The summed E-state index contributed by atoms with van der Waals surface area (Å²) in [5.74, 6) is 1.76. The molecular formula is C20H35F. The van der Waals surface area contributed by atoms with E-state index in [9.17, 15) is 4.39 Å². The second-order valence-corrected chi connectivity index (χ2v) is 7.21. The van der Waals surface area contributed by atoms with Crippen molar-refractivity contribution in [2.24, 2.45) is 23.7 Å². The molecule has 0 aliphatic carbocycles. The minimum atomic E-state index is -0.0650. The normalized spacial score (nSPS) is 17.6. The van der Waals surface area contributed by atoms with Gasteiger partial charge in [-0.2, -0.15) is 0 Å². The lowest BCUT2D eigenvalue weighted by Gasteiger charge is -2.14. The van der Waals surface area contributed by atoms with Crippen LogP contribution in [0.1, 0.15) is 68.2 Å². The van der Waals surface area contributed by atoms with Crippen LogP contribution in [0.3, 0.4) is 0 Å². The van der Waals surface area contributed by atoms with E-state index >= 15 is 0 Å². The molecule has 2 atom stereocenters. The van der Waals surface area contributed by atoms with Crippen molar-refractivity contribution < 1.29 is 4.39 Å². The van der Waals surface area contributed by atoms with E-state index in [4.69, 9.17) is 0 Å². The van der Waals surface area contributed by atoms with Gasteiger partial charge in [0.05, 0.1) is 0 Å². The second-order valence-electron chi connectivity index (χ2n) is 7.21. The Bertz CT molecular complexity index is 383. The highest BCUT2D eigenvalue weighted by atomic mass is 19.1. The summed E-state index contributed by atoms with van der Waals surface area (Å²) in [4.78, 5) is 0. The number of hydrogen-bond donors (Lipinski definition) is 0. The van der Waals surface area contributed by atoms with E-state index in [0.29, 0.717) is 17.8 Å². The molecule has 0 radical (unpaired) electrons. The minimum Gasteiger partial charge on any atom is -0.207 e. The van der Waals surface area contributed by atoms with Crippen LogP contribution in [0.5, 0.6) is 0 Å². The average molecular weight is 294 g/mol. The van der Waals surface area contributed by atoms with Crippen LogP contribution in [0.15, 0.2) is 35.2 Å². The molecule has 0 aromatic rings. The molecule has 0 saturated heterocycles. The van der Waals surface area contributed by atoms with Gasteiger partial charge in [-0.15, -0.1) is 0 Å². The first-order valence-electron chi connectivity index (χ1n) is 8.37. The van der Waals surface area contributed by atoms with Crippen LogP contribution in [-0.4, -0.2) is 0 Å². The molecule has 1 heteroatoms. The summed E-state index contributed by atoms with van der Waals surface area (Å²) in [7, 11) is 0. The quantitative estimate of drug-likeness (QED) is 0.331. The molecule has 0 fully saturated rings. The second kappa shape index (κ2) is 9.97. The average Bonchev–Trinajstić information content (AvgIpc) is 2.40. The highest BCUT2D eigenvalue weighted by molar-refractivity contribution is 5.26. The van der Waals surface area contributed by atoms with Crippen LogP contribution in [0.4, 0.5) is 4.39 Å². The monoisotopic (exact) mass is 294 g/mol. The Hall–Kier alpha value is -0.850. The van der Waals surface area contributed by atoms with Crippen LogP contribution >= 0.6 is 0 Å². The van der Waals surface area contributed by atoms with Crippen molar-refractivity contribution in [2.75, 3.05) is 0 Å². The fourth-order valence-electron chi connectivity index (χ4n) is 2.02. The highest BCUT2D eigenvalue weighted by Gasteiger charge is 2.10. The van der Waals surface area contributed by atoms with Gasteiger partial charge >= 0.3 is 0 Å². The Labute approximate surface area is 132 Å². The molecule has 0 heterocycles. The first kappa shape index (κ1) is 20.1. The minimum absolute atomic E-state index is 0.0650. The van der Waals surface area contributed by atoms with Gasteiger partial charge in [0.2, 0.25) is 0 Å². The Morgan fingerprint density at radius 3 is 1.95 bits per heavy atom. The van der Waals surface area contributed by atoms with Crippen molar-refractivity contribution in [1.82, 2.24) is 0 Å².